The van der Waals surface area contributed by atoms with E-state index in [4.69, 9.17) is 15.3 Å². The van der Waals surface area contributed by atoms with Crippen LogP contribution >= 0.6 is 34.4 Å². The van der Waals surface area contributed by atoms with Crippen molar-refractivity contribution in [2.45, 2.75) is 24.9 Å². The van der Waals surface area contributed by atoms with Gasteiger partial charge in [0.1, 0.15) is 41.6 Å². The first-order chi connectivity index (χ1) is 15.8. The molecule has 1 saturated heterocycles. The number of oxime groups is 1. The number of anilines is 1. The van der Waals surface area contributed by atoms with Gasteiger partial charge in [-0.15, -0.1) is 34.4 Å². The van der Waals surface area contributed by atoms with Crippen LogP contribution in [0.3, 0.4) is 0 Å². The topological polar surface area (TPSA) is 169 Å². The Morgan fingerprint density at radius 1 is 1.36 bits per heavy atom. The molecule has 12 nitrogen and oxygen atoms in total. The summed E-state index contributed by atoms with van der Waals surface area (Å²) < 4.78 is 5.69. The molecule has 0 radical (unpaired) electrons. The second kappa shape index (κ2) is 9.36. The van der Waals surface area contributed by atoms with Crippen molar-refractivity contribution in [1.29, 1.82) is 0 Å². The molecule has 4 rings (SSSR count). The molecule has 0 aromatic carbocycles. The number of aromatic nitrogens is 2. The Kier molecular flexibility index (Phi) is 6.53. The van der Waals surface area contributed by atoms with Crippen molar-refractivity contribution in [2.75, 3.05) is 18.6 Å². The van der Waals surface area contributed by atoms with Crippen molar-refractivity contribution in [3.63, 3.8) is 0 Å². The number of nitrogen functional groups attached to an aromatic ring is 1. The maximum atomic E-state index is 12.8. The van der Waals surface area contributed by atoms with Crippen LogP contribution in [0.15, 0.2) is 27.4 Å². The monoisotopic (exact) mass is 510 g/mol. The second-order valence-corrected chi connectivity index (χ2v) is 9.74. The number of carbonyl (C=O) groups excluding carboxylic acids is 2. The molecular weight excluding hydrogens is 492 g/mol. The summed E-state index contributed by atoms with van der Waals surface area (Å²) in [7, 11) is 1.27. The maximum Gasteiger partial charge on any atom is 0.356 e. The highest BCUT2D eigenvalue weighted by Gasteiger charge is 2.55. The SMILES string of the molecule is CO/N=C(\C(=O)N[C@@H]1C(=O)N2C(C(=O)O)=C(OCc3nc(C)cs3)CS[C@H]12)c1csc(N)n1. The van der Waals surface area contributed by atoms with Gasteiger partial charge in [0.05, 0.1) is 5.75 Å². The summed E-state index contributed by atoms with van der Waals surface area (Å²) in [6, 6.07) is -0.946. The third kappa shape index (κ3) is 4.51. The van der Waals surface area contributed by atoms with Gasteiger partial charge < -0.3 is 25.7 Å². The standard InChI is InChI=1S/C18H18N6O6S3/c1-7-4-31-10(20-7)3-30-9-6-32-16-12(15(26)24(16)13(9)17(27)28)22-14(25)11(23-29-2)8-5-33-18(19)21-8/h4-5,12,16H,3,6H2,1-2H3,(H2,19,21)(H,22,25)(H,27,28)/b23-11-/t12-,16-/m1/s1. The molecule has 0 bridgehead atoms. The van der Waals surface area contributed by atoms with Crippen LogP contribution in [0.1, 0.15) is 16.4 Å². The molecule has 2 aromatic rings. The number of carbonyl (C=O) groups is 3. The van der Waals surface area contributed by atoms with Gasteiger partial charge >= 0.3 is 5.97 Å². The number of nitrogens with two attached hydrogens (primary N) is 1. The van der Waals surface area contributed by atoms with Gasteiger partial charge in [0.25, 0.3) is 11.8 Å². The lowest BCUT2D eigenvalue weighted by molar-refractivity contribution is -0.150. The van der Waals surface area contributed by atoms with E-state index in [2.05, 4.69) is 20.4 Å². The highest BCUT2D eigenvalue weighted by atomic mass is 32.2. The Hall–Kier alpha value is -3.17. The first-order valence-corrected chi connectivity index (χ1v) is 12.2. The summed E-state index contributed by atoms with van der Waals surface area (Å²) in [6.45, 7) is 1.95. The van der Waals surface area contributed by atoms with E-state index in [0.717, 1.165) is 21.9 Å². The zero-order chi connectivity index (χ0) is 23.7. The van der Waals surface area contributed by atoms with E-state index in [1.54, 1.807) is 0 Å². The number of amides is 2. The van der Waals surface area contributed by atoms with E-state index in [0.29, 0.717) is 5.01 Å². The van der Waals surface area contributed by atoms with Crippen LogP contribution in [0.25, 0.3) is 0 Å². The minimum atomic E-state index is -1.29. The lowest BCUT2D eigenvalue weighted by atomic mass is 10.0. The molecule has 33 heavy (non-hydrogen) atoms. The number of aryl methyl sites for hydroxylation is 1. The van der Waals surface area contributed by atoms with Gasteiger partial charge in [-0.2, -0.15) is 0 Å². The third-order valence-electron chi connectivity index (χ3n) is 4.62. The number of rotatable bonds is 8. The normalized spacial score (nSPS) is 20.2. The number of β-lactam (4-membered cyclic amide) rings is 1. The number of thioether (sulfide) groups is 1. The van der Waals surface area contributed by atoms with E-state index in [1.165, 1.54) is 35.6 Å². The summed E-state index contributed by atoms with van der Waals surface area (Å²) in [5.41, 5.74) is 6.29. The number of nitrogens with one attached hydrogen (secondary N) is 1. The molecule has 1 fully saturated rings. The van der Waals surface area contributed by atoms with Crippen molar-refractivity contribution < 1.29 is 29.1 Å². The van der Waals surface area contributed by atoms with Gasteiger partial charge in [0, 0.05) is 16.5 Å². The Balaban J connectivity index is 1.49. The molecule has 4 N–H and O–H groups in total. The smallest absolute Gasteiger partial charge is 0.356 e. The molecule has 0 saturated carbocycles. The van der Waals surface area contributed by atoms with Crippen LogP contribution in [-0.2, 0) is 30.6 Å². The summed E-state index contributed by atoms with van der Waals surface area (Å²) in [5, 5.41) is 19.8. The molecule has 2 atom stereocenters. The van der Waals surface area contributed by atoms with Crippen LogP contribution in [0.5, 0.6) is 0 Å². The number of thiazole rings is 2. The second-order valence-electron chi connectivity index (χ2n) is 6.80. The number of carboxylic acid groups (broad SMARTS) is 1. The highest BCUT2D eigenvalue weighted by Crippen LogP contribution is 2.41. The lowest BCUT2D eigenvalue weighted by Crippen LogP contribution is -2.71. The Labute approximate surface area is 199 Å². The van der Waals surface area contributed by atoms with Gasteiger partial charge in [-0.05, 0) is 6.92 Å². The first-order valence-electron chi connectivity index (χ1n) is 9.38. The molecule has 0 aliphatic carbocycles. The van der Waals surface area contributed by atoms with Crippen LogP contribution in [0.4, 0.5) is 5.13 Å². The Morgan fingerprint density at radius 2 is 2.15 bits per heavy atom. The van der Waals surface area contributed by atoms with Crippen molar-refractivity contribution in [1.82, 2.24) is 20.2 Å². The molecule has 2 amide bonds. The highest BCUT2D eigenvalue weighted by molar-refractivity contribution is 8.00. The molecule has 0 unspecified atom stereocenters. The van der Waals surface area contributed by atoms with Gasteiger partial charge in [-0.1, -0.05) is 5.16 Å². The summed E-state index contributed by atoms with van der Waals surface area (Å²) in [5.74, 6) is -2.16. The molecule has 2 aromatic heterocycles. The molecule has 2 aliphatic rings. The van der Waals surface area contributed by atoms with Crippen molar-refractivity contribution >= 4 is 63.1 Å². The van der Waals surface area contributed by atoms with Crippen LogP contribution < -0.4 is 11.1 Å². The average Bonchev–Trinajstić information content (AvgIpc) is 3.40. The lowest BCUT2D eigenvalue weighted by Gasteiger charge is -2.48. The number of hydrogen-bond donors (Lipinski definition) is 3. The van der Waals surface area contributed by atoms with Gasteiger partial charge in [-0.3, -0.25) is 14.5 Å². The molecule has 174 valence electrons. The molecule has 2 aliphatic heterocycles. The van der Waals surface area contributed by atoms with E-state index in [-0.39, 0.29) is 40.4 Å². The number of nitrogens with zero attached hydrogens (tertiary/aromatic N) is 4. The summed E-state index contributed by atoms with van der Waals surface area (Å²) in [4.78, 5) is 51.7. The van der Waals surface area contributed by atoms with E-state index in [1.807, 2.05) is 12.3 Å². The number of carboxylic acids is 1. The number of aliphatic carboxylic acids is 1. The van der Waals surface area contributed by atoms with Crippen LogP contribution in [0.2, 0.25) is 0 Å². The quantitative estimate of drug-likeness (QED) is 0.262. The number of ether oxygens (including phenoxy) is 1. The predicted molar refractivity (Wildman–Crippen MR) is 121 cm³/mol. The van der Waals surface area contributed by atoms with E-state index in [9.17, 15) is 19.5 Å². The Morgan fingerprint density at radius 3 is 2.76 bits per heavy atom. The molecule has 4 heterocycles. The van der Waals surface area contributed by atoms with Gasteiger partial charge in [0.15, 0.2) is 16.5 Å². The largest absolute Gasteiger partial charge is 0.487 e. The predicted octanol–water partition coefficient (Wildman–Crippen LogP) is 0.754. The van der Waals surface area contributed by atoms with Crippen LogP contribution in [-0.4, -0.2) is 67.7 Å². The first kappa shape index (κ1) is 23.0. The summed E-state index contributed by atoms with van der Waals surface area (Å²) in [6.07, 6.45) is 0. The molecular formula is C18H18N6O6S3. The minimum absolute atomic E-state index is 0.103. The number of hydrogen-bond acceptors (Lipinski definition) is 12. The average molecular weight is 511 g/mol. The van der Waals surface area contributed by atoms with E-state index >= 15 is 0 Å². The zero-order valence-electron chi connectivity index (χ0n) is 17.3. The molecule has 15 heteroatoms. The van der Waals surface area contributed by atoms with Crippen molar-refractivity contribution in [3.05, 3.63) is 38.6 Å². The van der Waals surface area contributed by atoms with E-state index < -0.39 is 29.2 Å². The van der Waals surface area contributed by atoms with Crippen molar-refractivity contribution in [2.24, 2.45) is 5.16 Å². The zero-order valence-corrected chi connectivity index (χ0v) is 19.8. The third-order valence-corrected chi connectivity index (χ3v) is 7.49. The van der Waals surface area contributed by atoms with Gasteiger partial charge in [-0.25, -0.2) is 14.8 Å². The fourth-order valence-corrected chi connectivity index (χ4v) is 5.73. The van der Waals surface area contributed by atoms with Crippen molar-refractivity contribution in [3.8, 4) is 0 Å². The minimum Gasteiger partial charge on any atom is -0.487 e. The molecule has 0 spiro atoms. The number of fused-ring (bicyclic) bond motifs is 1. The maximum absolute atomic E-state index is 12.8. The fourth-order valence-electron chi connectivity index (χ4n) is 3.22. The summed E-state index contributed by atoms with van der Waals surface area (Å²) >= 11 is 3.81. The van der Waals surface area contributed by atoms with Crippen LogP contribution in [0, 0.1) is 6.92 Å². The van der Waals surface area contributed by atoms with Gasteiger partial charge in [0.2, 0.25) is 0 Å². The fraction of sp³-hybridized carbons (Fsp3) is 0.333. The Bertz CT molecular complexity index is 1170.